The van der Waals surface area contributed by atoms with E-state index in [1.165, 1.54) is 16.2 Å². The Hall–Kier alpha value is -2.70. The number of benzene rings is 2. The number of halogens is 1. The summed E-state index contributed by atoms with van der Waals surface area (Å²) in [7, 11) is 0. The van der Waals surface area contributed by atoms with E-state index in [0.717, 1.165) is 20.5 Å². The van der Waals surface area contributed by atoms with Crippen molar-refractivity contribution in [3.05, 3.63) is 91.6 Å². The van der Waals surface area contributed by atoms with Gasteiger partial charge in [0.1, 0.15) is 11.8 Å². The van der Waals surface area contributed by atoms with Crippen molar-refractivity contribution in [3.8, 4) is 0 Å². The summed E-state index contributed by atoms with van der Waals surface area (Å²) in [6.45, 7) is 3.87. The van der Waals surface area contributed by atoms with Crippen molar-refractivity contribution in [2.75, 3.05) is 4.90 Å². The highest BCUT2D eigenvalue weighted by Gasteiger charge is 2.47. The maximum atomic E-state index is 13.0. The third-order valence-corrected chi connectivity index (χ3v) is 6.82. The normalized spacial score (nSPS) is 18.4. The van der Waals surface area contributed by atoms with Gasteiger partial charge < -0.3 is 5.11 Å². The van der Waals surface area contributed by atoms with Crippen LogP contribution < -0.4 is 4.90 Å². The van der Waals surface area contributed by atoms with Gasteiger partial charge in [0.25, 0.3) is 11.7 Å². The first-order valence-electron chi connectivity index (χ1n) is 9.06. The van der Waals surface area contributed by atoms with Gasteiger partial charge in [0.05, 0.1) is 5.57 Å². The Bertz CT molecular complexity index is 1130. The molecule has 29 heavy (non-hydrogen) atoms. The highest BCUT2D eigenvalue weighted by Crippen LogP contribution is 2.43. The molecule has 146 valence electrons. The zero-order valence-electron chi connectivity index (χ0n) is 15.8. The summed E-state index contributed by atoms with van der Waals surface area (Å²) in [6.07, 6.45) is 0. The van der Waals surface area contributed by atoms with Gasteiger partial charge >= 0.3 is 0 Å². The van der Waals surface area contributed by atoms with Crippen LogP contribution in [0.2, 0.25) is 0 Å². The van der Waals surface area contributed by atoms with Crippen molar-refractivity contribution in [2.45, 2.75) is 19.9 Å². The molecule has 0 aliphatic carbocycles. The molecule has 2 aromatic carbocycles. The number of hydrogen-bond donors (Lipinski definition) is 1. The van der Waals surface area contributed by atoms with Crippen LogP contribution in [-0.4, -0.2) is 16.8 Å². The second-order valence-corrected chi connectivity index (χ2v) is 8.82. The summed E-state index contributed by atoms with van der Waals surface area (Å²) in [6, 6.07) is 15.9. The predicted octanol–water partition coefficient (Wildman–Crippen LogP) is 5.75. The minimum absolute atomic E-state index is 0.111. The minimum Gasteiger partial charge on any atom is -0.507 e. The van der Waals surface area contributed by atoms with Crippen molar-refractivity contribution < 1.29 is 14.7 Å². The second-order valence-electron chi connectivity index (χ2n) is 6.98. The lowest BCUT2D eigenvalue weighted by atomic mass is 9.99. The summed E-state index contributed by atoms with van der Waals surface area (Å²) in [5.74, 6) is -1.48. The van der Waals surface area contributed by atoms with Gasteiger partial charge in [0.15, 0.2) is 0 Å². The Morgan fingerprint density at radius 1 is 1.07 bits per heavy atom. The Labute approximate surface area is 181 Å². The van der Waals surface area contributed by atoms with E-state index in [-0.39, 0.29) is 11.3 Å². The first-order chi connectivity index (χ1) is 13.9. The van der Waals surface area contributed by atoms with Crippen molar-refractivity contribution in [1.82, 2.24) is 0 Å². The van der Waals surface area contributed by atoms with Gasteiger partial charge in [0.2, 0.25) is 0 Å². The van der Waals surface area contributed by atoms with Crippen LogP contribution in [0.1, 0.15) is 27.6 Å². The second kappa shape index (κ2) is 7.61. The van der Waals surface area contributed by atoms with Gasteiger partial charge in [0, 0.05) is 20.6 Å². The fourth-order valence-electron chi connectivity index (χ4n) is 3.47. The van der Waals surface area contributed by atoms with E-state index >= 15 is 0 Å². The number of carbonyl (C=O) groups excluding carboxylic acids is 2. The zero-order valence-corrected chi connectivity index (χ0v) is 18.3. The number of nitrogens with zero attached hydrogens (tertiary/aromatic N) is 1. The molecular formula is C23H18BrNO3S. The molecule has 0 saturated carbocycles. The molecule has 1 fully saturated rings. The number of amides is 1. The molecule has 1 atom stereocenters. The molecule has 3 aromatic rings. The maximum absolute atomic E-state index is 13.0. The van der Waals surface area contributed by atoms with Gasteiger partial charge in [-0.25, -0.2) is 0 Å². The first-order valence-corrected chi connectivity index (χ1v) is 10.7. The van der Waals surface area contributed by atoms with E-state index < -0.39 is 17.7 Å². The molecule has 4 rings (SSSR count). The fraction of sp³-hybridized carbons (Fsp3) is 0.130. The van der Waals surface area contributed by atoms with E-state index in [9.17, 15) is 14.7 Å². The van der Waals surface area contributed by atoms with Crippen molar-refractivity contribution >= 4 is 50.4 Å². The average molecular weight is 468 g/mol. The quantitative estimate of drug-likeness (QED) is 0.302. The number of aliphatic hydroxyl groups is 1. The summed E-state index contributed by atoms with van der Waals surface area (Å²) in [5, 5.41) is 13.0. The largest absolute Gasteiger partial charge is 0.507 e. The number of anilines is 1. The molecule has 0 spiro atoms. The van der Waals surface area contributed by atoms with Gasteiger partial charge in [-0.15, -0.1) is 11.3 Å². The van der Waals surface area contributed by atoms with Crippen LogP contribution in [0, 0.1) is 13.8 Å². The molecule has 4 nitrogen and oxygen atoms in total. The van der Waals surface area contributed by atoms with Crippen molar-refractivity contribution in [3.63, 3.8) is 0 Å². The Balaban J connectivity index is 1.92. The number of aryl methyl sites for hydroxylation is 2. The smallest absolute Gasteiger partial charge is 0.300 e. The first kappa shape index (κ1) is 19.6. The number of rotatable bonds is 3. The van der Waals surface area contributed by atoms with Gasteiger partial charge in [-0.1, -0.05) is 45.8 Å². The van der Waals surface area contributed by atoms with Crippen LogP contribution in [0.15, 0.2) is 70.0 Å². The summed E-state index contributed by atoms with van der Waals surface area (Å²) >= 11 is 4.90. The van der Waals surface area contributed by atoms with E-state index in [1.807, 2.05) is 61.7 Å². The lowest BCUT2D eigenvalue weighted by Gasteiger charge is -2.24. The minimum atomic E-state index is -0.679. The topological polar surface area (TPSA) is 57.6 Å². The molecule has 1 saturated heterocycles. The monoisotopic (exact) mass is 467 g/mol. The third kappa shape index (κ3) is 3.43. The summed E-state index contributed by atoms with van der Waals surface area (Å²) in [4.78, 5) is 28.3. The van der Waals surface area contributed by atoms with Crippen LogP contribution in [0.25, 0.3) is 5.76 Å². The number of thiophene rings is 1. The molecule has 0 radical (unpaired) electrons. The average Bonchev–Trinajstić information content (AvgIpc) is 3.32. The fourth-order valence-corrected chi connectivity index (χ4v) is 4.54. The predicted molar refractivity (Wildman–Crippen MR) is 119 cm³/mol. The van der Waals surface area contributed by atoms with Crippen molar-refractivity contribution in [1.29, 1.82) is 0 Å². The standard InChI is InChI=1S/C23H18BrNO3S/c1-13-5-8-16(9-6-13)25-20(18-4-3-11-29-18)19(22(27)23(25)28)21(26)15-7-10-17(24)14(2)12-15/h3-12,20,26H,1-2H3/b21-19-. The Morgan fingerprint density at radius 2 is 1.79 bits per heavy atom. The van der Waals surface area contributed by atoms with Crippen LogP contribution in [0.5, 0.6) is 0 Å². The molecule has 1 amide bonds. The molecule has 0 bridgehead atoms. The molecule has 1 unspecified atom stereocenters. The number of carbonyl (C=O) groups is 2. The van der Waals surface area contributed by atoms with Crippen LogP contribution in [-0.2, 0) is 9.59 Å². The van der Waals surface area contributed by atoms with E-state index in [2.05, 4.69) is 15.9 Å². The molecule has 1 aliphatic heterocycles. The van der Waals surface area contributed by atoms with Crippen molar-refractivity contribution in [2.24, 2.45) is 0 Å². The maximum Gasteiger partial charge on any atom is 0.300 e. The number of aliphatic hydroxyl groups excluding tert-OH is 1. The van der Waals surface area contributed by atoms with E-state index in [0.29, 0.717) is 11.3 Å². The lowest BCUT2D eigenvalue weighted by Crippen LogP contribution is -2.29. The Kier molecular flexibility index (Phi) is 5.15. The third-order valence-electron chi connectivity index (χ3n) is 5.00. The highest BCUT2D eigenvalue weighted by atomic mass is 79.9. The SMILES string of the molecule is Cc1ccc(N2C(=O)C(=O)/C(=C(\O)c3ccc(Br)c(C)c3)C2c2cccs2)cc1. The van der Waals surface area contributed by atoms with E-state index in [4.69, 9.17) is 0 Å². The summed E-state index contributed by atoms with van der Waals surface area (Å²) in [5.41, 5.74) is 3.23. The van der Waals surface area contributed by atoms with Gasteiger partial charge in [-0.2, -0.15) is 0 Å². The number of Topliss-reactive ketones (excluding diaryl/α,β-unsaturated/α-hetero) is 1. The summed E-state index contributed by atoms with van der Waals surface area (Å²) < 4.78 is 0.906. The molecule has 1 aliphatic rings. The van der Waals surface area contributed by atoms with Gasteiger partial charge in [-0.3, -0.25) is 14.5 Å². The molecule has 2 heterocycles. The van der Waals surface area contributed by atoms with Crippen LogP contribution in [0.4, 0.5) is 5.69 Å². The zero-order chi connectivity index (χ0) is 20.7. The molecule has 6 heteroatoms. The van der Waals surface area contributed by atoms with E-state index in [1.54, 1.807) is 12.1 Å². The molecular weight excluding hydrogens is 450 g/mol. The molecule has 1 N–H and O–H groups in total. The van der Waals surface area contributed by atoms with Crippen LogP contribution >= 0.6 is 27.3 Å². The van der Waals surface area contributed by atoms with Crippen LogP contribution in [0.3, 0.4) is 0 Å². The Morgan fingerprint density at radius 3 is 2.41 bits per heavy atom. The number of ketones is 1. The lowest BCUT2D eigenvalue weighted by molar-refractivity contribution is -0.132. The molecule has 1 aromatic heterocycles. The highest BCUT2D eigenvalue weighted by molar-refractivity contribution is 9.10. The van der Waals surface area contributed by atoms with Gasteiger partial charge in [-0.05, 0) is 55.1 Å². The number of hydrogen-bond acceptors (Lipinski definition) is 4.